The number of fused-ring (bicyclic) bond motifs is 2. The van der Waals surface area contributed by atoms with Crippen molar-refractivity contribution in [2.75, 3.05) is 22.9 Å². The number of nitrogens with zero attached hydrogens (tertiary/aromatic N) is 5. The smallest absolute Gasteiger partial charge is 0.214 e. The van der Waals surface area contributed by atoms with Gasteiger partial charge in [0.2, 0.25) is 5.95 Å². The molecule has 0 aliphatic carbocycles. The molecule has 0 N–H and O–H groups in total. The molecule has 5 rings (SSSR count). The van der Waals surface area contributed by atoms with E-state index in [4.69, 9.17) is 0 Å². The first-order chi connectivity index (χ1) is 11.2. The first kappa shape index (κ1) is 14.3. The van der Waals surface area contributed by atoms with Gasteiger partial charge in [0, 0.05) is 13.1 Å². The van der Waals surface area contributed by atoms with Gasteiger partial charge in [0.1, 0.15) is 12.1 Å². The summed E-state index contributed by atoms with van der Waals surface area (Å²) in [6.45, 7) is 3.19. The molecule has 0 radical (unpaired) electrons. The van der Waals surface area contributed by atoms with Gasteiger partial charge in [-0.15, -0.1) is 0 Å². The highest BCUT2D eigenvalue weighted by Gasteiger charge is 2.46. The SMILES string of the molecule is CCc1ncnc(N2CC3CC(C2)N3c2cccc(F)n2)c1F. The van der Waals surface area contributed by atoms with Crippen molar-refractivity contribution in [2.24, 2.45) is 0 Å². The van der Waals surface area contributed by atoms with Crippen LogP contribution in [0.3, 0.4) is 0 Å². The van der Waals surface area contributed by atoms with E-state index in [0.29, 0.717) is 36.8 Å². The zero-order chi connectivity index (χ0) is 16.0. The van der Waals surface area contributed by atoms with E-state index in [2.05, 4.69) is 19.9 Å². The Morgan fingerprint density at radius 2 is 1.96 bits per heavy atom. The van der Waals surface area contributed by atoms with Gasteiger partial charge in [0.15, 0.2) is 11.6 Å². The van der Waals surface area contributed by atoms with Crippen LogP contribution in [0.2, 0.25) is 0 Å². The molecule has 0 aromatic carbocycles. The van der Waals surface area contributed by atoms with Gasteiger partial charge in [0.05, 0.1) is 17.8 Å². The highest BCUT2D eigenvalue weighted by atomic mass is 19.1. The van der Waals surface area contributed by atoms with Crippen molar-refractivity contribution in [3.8, 4) is 0 Å². The van der Waals surface area contributed by atoms with E-state index >= 15 is 0 Å². The molecule has 120 valence electrons. The molecule has 3 saturated heterocycles. The van der Waals surface area contributed by atoms with Crippen LogP contribution >= 0.6 is 0 Å². The Hall–Kier alpha value is -2.31. The average molecular weight is 317 g/mol. The number of aromatic nitrogens is 3. The van der Waals surface area contributed by atoms with E-state index in [1.54, 1.807) is 6.07 Å². The lowest BCUT2D eigenvalue weighted by Crippen LogP contribution is -2.69. The Morgan fingerprint density at radius 1 is 1.17 bits per heavy atom. The van der Waals surface area contributed by atoms with E-state index in [1.165, 1.54) is 12.4 Å². The Bertz CT molecular complexity index is 726. The number of piperidine rings is 1. The summed E-state index contributed by atoms with van der Waals surface area (Å²) in [4.78, 5) is 16.2. The van der Waals surface area contributed by atoms with Crippen LogP contribution in [0.1, 0.15) is 19.0 Å². The third-order valence-corrected chi connectivity index (χ3v) is 4.64. The summed E-state index contributed by atoms with van der Waals surface area (Å²) in [6, 6.07) is 5.25. The minimum absolute atomic E-state index is 0.211. The maximum Gasteiger partial charge on any atom is 0.214 e. The second-order valence-electron chi connectivity index (χ2n) is 5.99. The maximum atomic E-state index is 14.4. The summed E-state index contributed by atoms with van der Waals surface area (Å²) < 4.78 is 27.8. The Kier molecular flexibility index (Phi) is 3.36. The van der Waals surface area contributed by atoms with Crippen molar-refractivity contribution < 1.29 is 8.78 Å². The number of hydrogen-bond acceptors (Lipinski definition) is 5. The van der Waals surface area contributed by atoms with Gasteiger partial charge in [-0.3, -0.25) is 0 Å². The van der Waals surface area contributed by atoms with Crippen molar-refractivity contribution in [3.05, 3.63) is 42.0 Å². The third-order valence-electron chi connectivity index (χ3n) is 4.64. The second-order valence-corrected chi connectivity index (χ2v) is 5.99. The molecule has 3 fully saturated rings. The third kappa shape index (κ3) is 2.31. The van der Waals surface area contributed by atoms with Gasteiger partial charge in [-0.25, -0.2) is 19.3 Å². The molecule has 3 aliphatic rings. The van der Waals surface area contributed by atoms with Crippen LogP contribution in [0, 0.1) is 11.8 Å². The number of hydrogen-bond donors (Lipinski definition) is 0. The van der Waals surface area contributed by atoms with Crippen LogP contribution in [0.15, 0.2) is 24.5 Å². The van der Waals surface area contributed by atoms with Crippen LogP contribution in [0.4, 0.5) is 20.4 Å². The molecule has 0 amide bonds. The lowest BCUT2D eigenvalue weighted by Gasteiger charge is -2.57. The molecule has 5 heterocycles. The molecule has 2 aromatic heterocycles. The summed E-state index contributed by atoms with van der Waals surface area (Å²) >= 11 is 0. The molecule has 3 aliphatic heterocycles. The minimum atomic E-state index is -0.473. The van der Waals surface area contributed by atoms with Gasteiger partial charge in [-0.05, 0) is 25.0 Å². The summed E-state index contributed by atoms with van der Waals surface area (Å²) in [6.07, 6.45) is 2.98. The van der Waals surface area contributed by atoms with Crippen LogP contribution in [-0.4, -0.2) is 40.1 Å². The first-order valence-corrected chi connectivity index (χ1v) is 7.82. The summed E-state index contributed by atoms with van der Waals surface area (Å²) in [5, 5.41) is 0. The van der Waals surface area contributed by atoms with Crippen LogP contribution in [-0.2, 0) is 6.42 Å². The van der Waals surface area contributed by atoms with Crippen LogP contribution < -0.4 is 9.80 Å². The molecule has 2 unspecified atom stereocenters. The number of aryl methyl sites for hydroxylation is 1. The normalized spacial score (nSPS) is 22.9. The fourth-order valence-corrected chi connectivity index (χ4v) is 3.56. The molecule has 0 saturated carbocycles. The van der Waals surface area contributed by atoms with Crippen molar-refractivity contribution in [3.63, 3.8) is 0 Å². The van der Waals surface area contributed by atoms with E-state index in [0.717, 1.165) is 6.42 Å². The topological polar surface area (TPSA) is 45.2 Å². The summed E-state index contributed by atoms with van der Waals surface area (Å²) in [7, 11) is 0. The lowest BCUT2D eigenvalue weighted by molar-refractivity contribution is 0.285. The molecular weight excluding hydrogens is 300 g/mol. The van der Waals surface area contributed by atoms with Gasteiger partial charge in [0.25, 0.3) is 0 Å². The molecule has 2 bridgehead atoms. The minimum Gasteiger partial charge on any atom is -0.350 e. The molecule has 2 aromatic rings. The zero-order valence-corrected chi connectivity index (χ0v) is 12.8. The van der Waals surface area contributed by atoms with Gasteiger partial charge >= 0.3 is 0 Å². The van der Waals surface area contributed by atoms with Gasteiger partial charge < -0.3 is 9.80 Å². The average Bonchev–Trinajstić information content (AvgIpc) is 2.55. The fourth-order valence-electron chi connectivity index (χ4n) is 3.56. The highest BCUT2D eigenvalue weighted by molar-refractivity contribution is 5.52. The van der Waals surface area contributed by atoms with Crippen molar-refractivity contribution in [1.82, 2.24) is 15.0 Å². The largest absolute Gasteiger partial charge is 0.350 e. The van der Waals surface area contributed by atoms with Gasteiger partial charge in [-0.2, -0.15) is 4.39 Å². The molecule has 5 nitrogen and oxygen atoms in total. The summed E-state index contributed by atoms with van der Waals surface area (Å²) in [5.74, 6) is 0.229. The Labute approximate surface area is 133 Å². The number of rotatable bonds is 3. The molecular formula is C16H17F2N5. The standard InChI is InChI=1S/C16H17F2N5/c1-2-12-15(18)16(20-9-19-12)22-7-10-6-11(8-22)23(10)14-5-3-4-13(17)21-14/h3-5,9-11H,2,6-8H2,1H3. The number of pyridine rings is 1. The number of piperazine rings is 1. The Balaban J connectivity index is 1.56. The number of halogens is 2. The fraction of sp³-hybridized carbons (Fsp3) is 0.438. The van der Waals surface area contributed by atoms with E-state index < -0.39 is 5.95 Å². The first-order valence-electron chi connectivity index (χ1n) is 7.82. The van der Waals surface area contributed by atoms with Crippen molar-refractivity contribution >= 4 is 11.6 Å². The van der Waals surface area contributed by atoms with Gasteiger partial charge in [-0.1, -0.05) is 13.0 Å². The maximum absolute atomic E-state index is 14.4. The lowest BCUT2D eigenvalue weighted by atomic mass is 9.87. The quantitative estimate of drug-likeness (QED) is 0.812. The molecule has 23 heavy (non-hydrogen) atoms. The van der Waals surface area contributed by atoms with E-state index in [1.807, 2.05) is 17.9 Å². The summed E-state index contributed by atoms with van der Waals surface area (Å²) in [5.41, 5.74) is 0.443. The van der Waals surface area contributed by atoms with Crippen molar-refractivity contribution in [2.45, 2.75) is 31.8 Å². The second kappa shape index (κ2) is 5.40. The zero-order valence-electron chi connectivity index (χ0n) is 12.8. The van der Waals surface area contributed by atoms with Crippen molar-refractivity contribution in [1.29, 1.82) is 0 Å². The predicted molar refractivity (Wildman–Crippen MR) is 82.4 cm³/mol. The Morgan fingerprint density at radius 3 is 2.65 bits per heavy atom. The molecule has 0 spiro atoms. The van der Waals surface area contributed by atoms with E-state index in [9.17, 15) is 8.78 Å². The van der Waals surface area contributed by atoms with Crippen LogP contribution in [0.25, 0.3) is 0 Å². The molecule has 2 atom stereocenters. The number of anilines is 2. The monoisotopic (exact) mass is 317 g/mol. The highest BCUT2D eigenvalue weighted by Crippen LogP contribution is 2.37. The molecule has 7 heteroatoms. The van der Waals surface area contributed by atoms with Crippen LogP contribution in [0.5, 0.6) is 0 Å². The predicted octanol–water partition coefficient (Wildman–Crippen LogP) is 2.18. The van der Waals surface area contributed by atoms with E-state index in [-0.39, 0.29) is 17.9 Å².